The third kappa shape index (κ3) is 2.74. The van der Waals surface area contributed by atoms with Crippen LogP contribution in [-0.2, 0) is 0 Å². The Bertz CT molecular complexity index is 654. The summed E-state index contributed by atoms with van der Waals surface area (Å²) < 4.78 is 18.3. The fourth-order valence-electron chi connectivity index (χ4n) is 1.42. The largest absolute Gasteiger partial charge is 0.452 e. The molecule has 2 amide bonds. The minimum atomic E-state index is -0.725. The van der Waals surface area contributed by atoms with Crippen molar-refractivity contribution in [3.8, 4) is 0 Å². The topological polar surface area (TPSA) is 85.3 Å². The zero-order valence-electron chi connectivity index (χ0n) is 9.44. The highest BCUT2D eigenvalue weighted by molar-refractivity contribution is 6.32. The molecule has 0 bridgehead atoms. The van der Waals surface area contributed by atoms with Gasteiger partial charge in [-0.1, -0.05) is 0 Å². The summed E-state index contributed by atoms with van der Waals surface area (Å²) in [5.41, 5.74) is 5.04. The average Bonchev–Trinajstić information content (AvgIpc) is 2.78. The maximum absolute atomic E-state index is 13.5. The number of amides is 2. The lowest BCUT2D eigenvalue weighted by atomic mass is 10.1. The van der Waals surface area contributed by atoms with Crippen LogP contribution in [0, 0.1) is 5.82 Å². The minimum absolute atomic E-state index is 0.0607. The van der Waals surface area contributed by atoms with E-state index in [9.17, 15) is 14.0 Å². The summed E-state index contributed by atoms with van der Waals surface area (Å²) in [4.78, 5) is 22.8. The monoisotopic (exact) mass is 282 g/mol. The molecule has 0 aliphatic rings. The molecule has 0 spiro atoms. The van der Waals surface area contributed by atoms with Crippen LogP contribution in [0.15, 0.2) is 34.9 Å². The first kappa shape index (κ1) is 13.1. The van der Waals surface area contributed by atoms with Gasteiger partial charge in [-0.2, -0.15) is 0 Å². The van der Waals surface area contributed by atoms with E-state index in [1.54, 1.807) is 0 Å². The Labute approximate surface area is 112 Å². The van der Waals surface area contributed by atoms with E-state index in [-0.39, 0.29) is 22.0 Å². The molecule has 2 aromatic rings. The first-order valence-corrected chi connectivity index (χ1v) is 5.50. The quantitative estimate of drug-likeness (QED) is 0.906. The van der Waals surface area contributed by atoms with Crippen molar-refractivity contribution in [1.29, 1.82) is 0 Å². The van der Waals surface area contributed by atoms with Crippen molar-refractivity contribution in [1.82, 2.24) is 0 Å². The van der Waals surface area contributed by atoms with Crippen LogP contribution in [-0.4, -0.2) is 11.8 Å². The van der Waals surface area contributed by atoms with Gasteiger partial charge >= 0.3 is 0 Å². The van der Waals surface area contributed by atoms with Crippen LogP contribution in [0.1, 0.15) is 20.7 Å². The third-order valence-corrected chi connectivity index (χ3v) is 2.65. The predicted octanol–water partition coefficient (Wildman–Crippen LogP) is 2.42. The van der Waals surface area contributed by atoms with Crippen LogP contribution in [0.25, 0.3) is 0 Å². The molecule has 98 valence electrons. The molecule has 0 atom stereocenters. The normalized spacial score (nSPS) is 10.2. The van der Waals surface area contributed by atoms with Gasteiger partial charge in [-0.15, -0.1) is 0 Å². The lowest BCUT2D eigenvalue weighted by molar-refractivity contribution is 0.0996. The zero-order valence-corrected chi connectivity index (χ0v) is 10.2. The molecule has 0 unspecified atom stereocenters. The highest BCUT2D eigenvalue weighted by atomic mass is 35.5. The van der Waals surface area contributed by atoms with Gasteiger partial charge in [0.25, 0.3) is 5.91 Å². The standard InChI is InChI=1S/C12H8ClFN2O3/c13-10-7(3-4-19-10)12(18)16-9-5-6(11(15)17)1-2-8(9)14/h1-5H,(H2,15,17)(H,16,18). The Kier molecular flexibility index (Phi) is 3.52. The van der Waals surface area contributed by atoms with Crippen LogP contribution in [0.4, 0.5) is 10.1 Å². The van der Waals surface area contributed by atoms with E-state index in [2.05, 4.69) is 5.32 Å². The van der Waals surface area contributed by atoms with Gasteiger partial charge in [0, 0.05) is 5.56 Å². The maximum Gasteiger partial charge on any atom is 0.260 e. The minimum Gasteiger partial charge on any atom is -0.452 e. The number of nitrogens with two attached hydrogens (primary N) is 1. The molecule has 1 aromatic heterocycles. The number of furan rings is 1. The summed E-state index contributed by atoms with van der Waals surface area (Å²) in [6.07, 6.45) is 1.23. The van der Waals surface area contributed by atoms with E-state index in [1.807, 2.05) is 0 Å². The van der Waals surface area contributed by atoms with Crippen molar-refractivity contribution in [3.05, 3.63) is 52.7 Å². The second-order valence-corrected chi connectivity index (χ2v) is 3.96. The fraction of sp³-hybridized carbons (Fsp3) is 0. The van der Waals surface area contributed by atoms with E-state index < -0.39 is 17.6 Å². The molecule has 0 fully saturated rings. The smallest absolute Gasteiger partial charge is 0.260 e. The molecule has 1 aromatic carbocycles. The molecular formula is C12H8ClFN2O3. The SMILES string of the molecule is NC(=O)c1ccc(F)c(NC(=O)c2ccoc2Cl)c1. The van der Waals surface area contributed by atoms with E-state index in [0.717, 1.165) is 12.1 Å². The van der Waals surface area contributed by atoms with Gasteiger partial charge in [-0.3, -0.25) is 9.59 Å². The van der Waals surface area contributed by atoms with Crippen LogP contribution < -0.4 is 11.1 Å². The number of carbonyl (C=O) groups excluding carboxylic acids is 2. The van der Waals surface area contributed by atoms with Crippen LogP contribution in [0.5, 0.6) is 0 Å². The van der Waals surface area contributed by atoms with Crippen molar-refractivity contribution >= 4 is 29.1 Å². The number of hydrogen-bond donors (Lipinski definition) is 2. The molecule has 5 nitrogen and oxygen atoms in total. The van der Waals surface area contributed by atoms with Gasteiger partial charge in [0.15, 0.2) is 0 Å². The molecule has 3 N–H and O–H groups in total. The lowest BCUT2D eigenvalue weighted by Gasteiger charge is -2.06. The summed E-state index contributed by atoms with van der Waals surface area (Å²) in [6, 6.07) is 4.74. The van der Waals surface area contributed by atoms with E-state index in [0.29, 0.717) is 0 Å². The molecule has 0 saturated heterocycles. The predicted molar refractivity (Wildman–Crippen MR) is 66.6 cm³/mol. The number of nitrogens with one attached hydrogen (secondary N) is 1. The summed E-state index contributed by atoms with van der Waals surface area (Å²) in [5.74, 6) is -2.07. The Morgan fingerprint density at radius 2 is 2.05 bits per heavy atom. The van der Waals surface area contributed by atoms with E-state index in [4.69, 9.17) is 21.8 Å². The first-order valence-electron chi connectivity index (χ1n) is 5.12. The molecule has 1 heterocycles. The van der Waals surface area contributed by atoms with Gasteiger partial charge in [0.05, 0.1) is 17.5 Å². The molecule has 19 heavy (non-hydrogen) atoms. The van der Waals surface area contributed by atoms with Crippen LogP contribution in [0.3, 0.4) is 0 Å². The second-order valence-electron chi connectivity index (χ2n) is 3.62. The van der Waals surface area contributed by atoms with Crippen molar-refractivity contribution in [2.45, 2.75) is 0 Å². The first-order chi connectivity index (χ1) is 8.99. The van der Waals surface area contributed by atoms with Crippen molar-refractivity contribution in [2.75, 3.05) is 5.32 Å². The Morgan fingerprint density at radius 3 is 2.63 bits per heavy atom. The molecule has 0 aliphatic carbocycles. The number of hydrogen-bond acceptors (Lipinski definition) is 3. The molecule has 7 heteroatoms. The van der Waals surface area contributed by atoms with Gasteiger partial charge in [-0.25, -0.2) is 4.39 Å². The van der Waals surface area contributed by atoms with Crippen LogP contribution in [0.2, 0.25) is 5.22 Å². The van der Waals surface area contributed by atoms with Gasteiger partial charge in [0.2, 0.25) is 11.1 Å². The number of anilines is 1. The highest BCUT2D eigenvalue weighted by Crippen LogP contribution is 2.21. The van der Waals surface area contributed by atoms with Gasteiger partial charge in [-0.05, 0) is 35.9 Å². The molecule has 0 radical (unpaired) electrons. The lowest BCUT2D eigenvalue weighted by Crippen LogP contribution is -2.15. The Balaban J connectivity index is 2.28. The summed E-state index contributed by atoms with van der Waals surface area (Å²) in [5, 5.41) is 2.18. The number of rotatable bonds is 3. The fourth-order valence-corrected chi connectivity index (χ4v) is 1.62. The third-order valence-electron chi connectivity index (χ3n) is 2.36. The summed E-state index contributed by atoms with van der Waals surface area (Å²) in [7, 11) is 0. The van der Waals surface area contributed by atoms with Gasteiger partial charge < -0.3 is 15.5 Å². The Hall–Kier alpha value is -2.34. The van der Waals surface area contributed by atoms with E-state index >= 15 is 0 Å². The van der Waals surface area contributed by atoms with Crippen molar-refractivity contribution < 1.29 is 18.4 Å². The van der Waals surface area contributed by atoms with Gasteiger partial charge in [0.1, 0.15) is 5.82 Å². The highest BCUT2D eigenvalue weighted by Gasteiger charge is 2.15. The number of halogens is 2. The van der Waals surface area contributed by atoms with Crippen molar-refractivity contribution in [2.24, 2.45) is 5.73 Å². The van der Waals surface area contributed by atoms with E-state index in [1.165, 1.54) is 18.4 Å². The Morgan fingerprint density at radius 1 is 1.32 bits per heavy atom. The van der Waals surface area contributed by atoms with Crippen molar-refractivity contribution in [3.63, 3.8) is 0 Å². The average molecular weight is 283 g/mol. The number of carbonyl (C=O) groups is 2. The second kappa shape index (κ2) is 5.11. The summed E-state index contributed by atoms with van der Waals surface area (Å²) >= 11 is 5.63. The number of primary amides is 1. The van der Waals surface area contributed by atoms with Crippen LogP contribution >= 0.6 is 11.6 Å². The zero-order chi connectivity index (χ0) is 14.0. The molecule has 0 aliphatic heterocycles. The molecule has 0 saturated carbocycles. The summed E-state index contributed by atoms with van der Waals surface area (Å²) in [6.45, 7) is 0. The molecule has 2 rings (SSSR count). The molecular weight excluding hydrogens is 275 g/mol. The number of benzene rings is 1. The maximum atomic E-state index is 13.5.